The molecule has 0 saturated heterocycles. The van der Waals surface area contributed by atoms with Gasteiger partial charge in [0.1, 0.15) is 29.6 Å². The van der Waals surface area contributed by atoms with Crippen molar-refractivity contribution in [2.75, 3.05) is 0 Å². The molecule has 4 nitrogen and oxygen atoms in total. The maximum atomic E-state index is 11.3. The molecule has 0 aliphatic carbocycles. The van der Waals surface area contributed by atoms with E-state index in [0.29, 0.717) is 24.2 Å². The first kappa shape index (κ1) is 13.5. The van der Waals surface area contributed by atoms with E-state index in [1.807, 2.05) is 30.3 Å². The van der Waals surface area contributed by atoms with Gasteiger partial charge in [0, 0.05) is 24.1 Å². The Morgan fingerprint density at radius 1 is 1.19 bits per heavy atom. The highest BCUT2D eigenvalue weighted by Crippen LogP contribution is 2.43. The topological polar surface area (TPSA) is 66.8 Å². The van der Waals surface area contributed by atoms with Crippen LogP contribution in [0.5, 0.6) is 17.2 Å². The van der Waals surface area contributed by atoms with Crippen LogP contribution in [0.25, 0.3) is 0 Å². The van der Waals surface area contributed by atoms with Crippen molar-refractivity contribution in [1.82, 2.24) is 0 Å². The molecule has 0 spiro atoms. The Labute approximate surface area is 122 Å². The lowest BCUT2D eigenvalue weighted by Crippen LogP contribution is -2.28. The second-order valence-corrected chi connectivity index (χ2v) is 5.28. The van der Waals surface area contributed by atoms with Crippen LogP contribution in [0.15, 0.2) is 42.5 Å². The molecule has 1 heterocycles. The maximum Gasteiger partial charge on any atom is 0.131 e. The van der Waals surface area contributed by atoms with E-state index >= 15 is 0 Å². The normalized spacial score (nSPS) is 20.4. The molecule has 2 aromatic carbocycles. The number of rotatable bonds is 3. The van der Waals surface area contributed by atoms with Gasteiger partial charge in [0.25, 0.3) is 0 Å². The van der Waals surface area contributed by atoms with Crippen molar-refractivity contribution in [3.05, 3.63) is 53.6 Å². The Morgan fingerprint density at radius 2 is 1.95 bits per heavy atom. The number of hydrogen-bond donors (Lipinski definition) is 2. The molecule has 0 bridgehead atoms. The lowest BCUT2D eigenvalue weighted by molar-refractivity contribution is -0.110. The van der Waals surface area contributed by atoms with Crippen molar-refractivity contribution < 1.29 is 19.7 Å². The lowest BCUT2D eigenvalue weighted by atomic mass is 9.88. The van der Waals surface area contributed by atoms with Gasteiger partial charge in [-0.2, -0.15) is 0 Å². The van der Waals surface area contributed by atoms with Gasteiger partial charge in [0.05, 0.1) is 5.92 Å². The summed E-state index contributed by atoms with van der Waals surface area (Å²) in [4.78, 5) is 11.3. The van der Waals surface area contributed by atoms with Crippen LogP contribution < -0.4 is 4.74 Å². The average molecular weight is 284 g/mol. The number of phenols is 2. The van der Waals surface area contributed by atoms with E-state index in [9.17, 15) is 15.0 Å². The number of aromatic hydroxyl groups is 2. The van der Waals surface area contributed by atoms with Crippen LogP contribution in [0.1, 0.15) is 23.5 Å². The first-order valence-electron chi connectivity index (χ1n) is 6.89. The minimum atomic E-state index is -0.414. The number of carbonyl (C=O) groups is 1. The zero-order valence-electron chi connectivity index (χ0n) is 11.4. The second kappa shape index (κ2) is 5.48. The quantitative estimate of drug-likeness (QED) is 0.850. The largest absolute Gasteiger partial charge is 0.508 e. The van der Waals surface area contributed by atoms with Crippen LogP contribution in [-0.4, -0.2) is 22.6 Å². The Kier molecular flexibility index (Phi) is 3.52. The molecule has 2 aromatic rings. The molecule has 0 fully saturated rings. The van der Waals surface area contributed by atoms with E-state index < -0.39 is 5.92 Å². The molecule has 0 radical (unpaired) electrons. The van der Waals surface area contributed by atoms with Crippen molar-refractivity contribution in [3.8, 4) is 17.2 Å². The summed E-state index contributed by atoms with van der Waals surface area (Å²) >= 11 is 0. The fourth-order valence-corrected chi connectivity index (χ4v) is 2.82. The van der Waals surface area contributed by atoms with Gasteiger partial charge in [0.2, 0.25) is 0 Å². The van der Waals surface area contributed by atoms with Gasteiger partial charge < -0.3 is 19.7 Å². The summed E-state index contributed by atoms with van der Waals surface area (Å²) in [5.74, 6) is -0.198. The summed E-state index contributed by atoms with van der Waals surface area (Å²) in [6, 6.07) is 12.6. The highest BCUT2D eigenvalue weighted by atomic mass is 16.5. The fourth-order valence-electron chi connectivity index (χ4n) is 2.82. The number of hydrogen-bond acceptors (Lipinski definition) is 4. The lowest BCUT2D eigenvalue weighted by Gasteiger charge is -2.30. The predicted octanol–water partition coefficient (Wildman–Crippen LogP) is 2.77. The van der Waals surface area contributed by atoms with Crippen LogP contribution in [0.2, 0.25) is 0 Å². The minimum Gasteiger partial charge on any atom is -0.508 e. The third kappa shape index (κ3) is 2.70. The molecule has 0 saturated carbocycles. The SMILES string of the molecule is O=CC1CC(Cc2ccccc2)Oc2cc(O)cc(O)c21. The van der Waals surface area contributed by atoms with Crippen LogP contribution in [0.4, 0.5) is 0 Å². The summed E-state index contributed by atoms with van der Waals surface area (Å²) in [6.07, 6.45) is 1.87. The molecule has 1 aliphatic heterocycles. The summed E-state index contributed by atoms with van der Waals surface area (Å²) in [7, 11) is 0. The van der Waals surface area contributed by atoms with E-state index in [4.69, 9.17) is 4.74 Å². The van der Waals surface area contributed by atoms with Crippen molar-refractivity contribution in [3.63, 3.8) is 0 Å². The van der Waals surface area contributed by atoms with E-state index in [-0.39, 0.29) is 17.6 Å². The summed E-state index contributed by atoms with van der Waals surface area (Å²) in [5, 5.41) is 19.5. The molecular weight excluding hydrogens is 268 g/mol. The first-order valence-corrected chi connectivity index (χ1v) is 6.89. The van der Waals surface area contributed by atoms with Crippen molar-refractivity contribution in [2.45, 2.75) is 24.9 Å². The highest BCUT2D eigenvalue weighted by molar-refractivity contribution is 5.69. The number of ether oxygens (including phenoxy) is 1. The van der Waals surface area contributed by atoms with Gasteiger partial charge in [-0.15, -0.1) is 0 Å². The van der Waals surface area contributed by atoms with Crippen molar-refractivity contribution in [1.29, 1.82) is 0 Å². The van der Waals surface area contributed by atoms with E-state index in [1.54, 1.807) is 0 Å². The monoisotopic (exact) mass is 284 g/mol. The van der Waals surface area contributed by atoms with Gasteiger partial charge in [0.15, 0.2) is 0 Å². The zero-order valence-corrected chi connectivity index (χ0v) is 11.4. The Bertz CT molecular complexity index is 651. The number of phenolic OH excluding ortho intramolecular Hbond substituents is 2. The minimum absolute atomic E-state index is 0.0729. The standard InChI is InChI=1S/C17H16O4/c18-10-12-7-14(6-11-4-2-1-3-5-11)21-16-9-13(19)8-15(20)17(12)16/h1-5,8-10,12,14,19-20H,6-7H2. The third-order valence-corrected chi connectivity index (χ3v) is 3.76. The van der Waals surface area contributed by atoms with Gasteiger partial charge in [-0.05, 0) is 12.0 Å². The molecule has 108 valence electrons. The highest BCUT2D eigenvalue weighted by Gasteiger charge is 2.31. The summed E-state index contributed by atoms with van der Waals surface area (Å²) in [6.45, 7) is 0. The molecule has 1 aliphatic rings. The fraction of sp³-hybridized carbons (Fsp3) is 0.235. The molecule has 2 atom stereocenters. The summed E-state index contributed by atoms with van der Waals surface area (Å²) < 4.78 is 5.85. The van der Waals surface area contributed by atoms with Gasteiger partial charge in [-0.3, -0.25) is 0 Å². The molecule has 4 heteroatoms. The van der Waals surface area contributed by atoms with E-state index in [1.165, 1.54) is 12.1 Å². The van der Waals surface area contributed by atoms with Crippen LogP contribution in [-0.2, 0) is 11.2 Å². The van der Waals surface area contributed by atoms with Crippen molar-refractivity contribution >= 4 is 6.29 Å². The first-order chi connectivity index (χ1) is 10.2. The smallest absolute Gasteiger partial charge is 0.131 e. The zero-order chi connectivity index (χ0) is 14.8. The van der Waals surface area contributed by atoms with E-state index in [0.717, 1.165) is 11.8 Å². The number of aldehydes is 1. The van der Waals surface area contributed by atoms with Gasteiger partial charge >= 0.3 is 0 Å². The molecule has 0 aromatic heterocycles. The van der Waals surface area contributed by atoms with E-state index in [2.05, 4.69) is 0 Å². The van der Waals surface area contributed by atoms with Gasteiger partial charge in [-0.25, -0.2) is 0 Å². The predicted molar refractivity (Wildman–Crippen MR) is 77.8 cm³/mol. The molecule has 21 heavy (non-hydrogen) atoms. The third-order valence-electron chi connectivity index (χ3n) is 3.76. The van der Waals surface area contributed by atoms with Crippen LogP contribution in [0, 0.1) is 0 Å². The molecule has 0 amide bonds. The second-order valence-electron chi connectivity index (χ2n) is 5.28. The molecular formula is C17H16O4. The number of fused-ring (bicyclic) bond motifs is 1. The number of benzene rings is 2. The van der Waals surface area contributed by atoms with Crippen LogP contribution in [0.3, 0.4) is 0 Å². The molecule has 3 rings (SSSR count). The van der Waals surface area contributed by atoms with Crippen molar-refractivity contribution in [2.24, 2.45) is 0 Å². The maximum absolute atomic E-state index is 11.3. The van der Waals surface area contributed by atoms with Crippen LogP contribution >= 0.6 is 0 Å². The Hall–Kier alpha value is -2.49. The Morgan fingerprint density at radius 3 is 2.67 bits per heavy atom. The molecule has 2 N–H and O–H groups in total. The Balaban J connectivity index is 1.90. The summed E-state index contributed by atoms with van der Waals surface area (Å²) in [5.41, 5.74) is 1.59. The van der Waals surface area contributed by atoms with Gasteiger partial charge in [-0.1, -0.05) is 30.3 Å². The number of carbonyl (C=O) groups excluding carboxylic acids is 1. The average Bonchev–Trinajstić information content (AvgIpc) is 2.46. The molecule has 2 unspecified atom stereocenters.